The molecule has 0 amide bonds. The van der Waals surface area contributed by atoms with Gasteiger partial charge in [-0.3, -0.25) is 10.1 Å². The first-order valence-electron chi connectivity index (χ1n) is 5.61. The van der Waals surface area contributed by atoms with E-state index in [9.17, 15) is 10.1 Å². The lowest BCUT2D eigenvalue weighted by Gasteiger charge is -2.04. The summed E-state index contributed by atoms with van der Waals surface area (Å²) >= 11 is 5.73. The molecule has 102 valence electrons. The topological polar surface area (TPSA) is 110 Å². The van der Waals surface area contributed by atoms with E-state index in [1.807, 2.05) is 13.0 Å². The fourth-order valence-corrected chi connectivity index (χ4v) is 1.70. The van der Waals surface area contributed by atoms with E-state index in [0.717, 1.165) is 0 Å². The summed E-state index contributed by atoms with van der Waals surface area (Å²) in [5, 5.41) is 30.9. The van der Waals surface area contributed by atoms with Crippen LogP contribution in [0.4, 0.5) is 17.2 Å². The number of nitrogens with zero attached hydrogens (tertiary/aromatic N) is 5. The van der Waals surface area contributed by atoms with Crippen LogP contribution in [-0.2, 0) is 6.54 Å². The van der Waals surface area contributed by atoms with Gasteiger partial charge in [-0.05, 0) is 19.1 Å². The number of hydrogen-bond acceptors (Lipinski definition) is 6. The molecule has 8 nitrogen and oxygen atoms in total. The van der Waals surface area contributed by atoms with Crippen molar-refractivity contribution in [2.75, 3.05) is 5.32 Å². The molecule has 0 spiro atoms. The number of nitro benzene ring substituents is 1. The molecule has 1 N–H and O–H groups in total. The maximum Gasteiger partial charge on any atom is 0.294 e. The molecule has 1 aromatic carbocycles. The van der Waals surface area contributed by atoms with Crippen LogP contribution in [0.25, 0.3) is 0 Å². The van der Waals surface area contributed by atoms with Gasteiger partial charge in [-0.25, -0.2) is 0 Å². The highest BCUT2D eigenvalue weighted by Crippen LogP contribution is 2.30. The highest BCUT2D eigenvalue weighted by atomic mass is 35.5. The number of anilines is 2. The van der Waals surface area contributed by atoms with E-state index in [4.69, 9.17) is 16.9 Å². The Morgan fingerprint density at radius 2 is 2.30 bits per heavy atom. The summed E-state index contributed by atoms with van der Waals surface area (Å²) in [7, 11) is 0. The number of hydrogen-bond donors (Lipinski definition) is 1. The van der Waals surface area contributed by atoms with Crippen LogP contribution in [0, 0.1) is 21.4 Å². The lowest BCUT2D eigenvalue weighted by Crippen LogP contribution is -2.00. The van der Waals surface area contributed by atoms with Crippen LogP contribution in [0.3, 0.4) is 0 Å². The molecule has 0 fully saturated rings. The zero-order valence-corrected chi connectivity index (χ0v) is 11.1. The molecule has 0 bridgehead atoms. The van der Waals surface area contributed by atoms with E-state index in [0.29, 0.717) is 6.54 Å². The van der Waals surface area contributed by atoms with Gasteiger partial charge in [-0.1, -0.05) is 11.6 Å². The Hall–Kier alpha value is -2.66. The first-order chi connectivity index (χ1) is 9.55. The molecule has 0 unspecified atom stereocenters. The van der Waals surface area contributed by atoms with Crippen molar-refractivity contribution >= 4 is 28.8 Å². The Bertz CT molecular complexity index is 705. The normalized spacial score (nSPS) is 10.1. The SMILES string of the molecule is CCn1nc(C#N)c(Nc2ccc(Cl)cc2[N+](=O)[O-])n1. The Balaban J connectivity index is 2.42. The third-order valence-electron chi connectivity index (χ3n) is 2.45. The quantitative estimate of drug-likeness (QED) is 0.684. The Morgan fingerprint density at radius 3 is 2.90 bits per heavy atom. The minimum absolute atomic E-state index is 0.0658. The minimum atomic E-state index is -0.565. The van der Waals surface area contributed by atoms with Crippen molar-refractivity contribution in [2.24, 2.45) is 0 Å². The van der Waals surface area contributed by atoms with Crippen molar-refractivity contribution in [3.63, 3.8) is 0 Å². The van der Waals surface area contributed by atoms with Gasteiger partial charge in [0.1, 0.15) is 11.8 Å². The number of rotatable bonds is 4. The fraction of sp³-hybridized carbons (Fsp3) is 0.182. The minimum Gasteiger partial charge on any atom is -0.331 e. The van der Waals surface area contributed by atoms with Crippen LogP contribution >= 0.6 is 11.6 Å². The van der Waals surface area contributed by atoms with Crippen molar-refractivity contribution in [2.45, 2.75) is 13.5 Å². The molecule has 0 saturated heterocycles. The molecular formula is C11H9ClN6O2. The summed E-state index contributed by atoms with van der Waals surface area (Å²) in [6, 6.07) is 6.06. The average molecular weight is 293 g/mol. The van der Waals surface area contributed by atoms with Gasteiger partial charge in [0, 0.05) is 11.1 Å². The van der Waals surface area contributed by atoms with Crippen molar-refractivity contribution in [3.8, 4) is 6.07 Å². The van der Waals surface area contributed by atoms with Crippen LogP contribution in [0.15, 0.2) is 18.2 Å². The molecule has 9 heteroatoms. The van der Waals surface area contributed by atoms with Crippen LogP contribution in [0.5, 0.6) is 0 Å². The molecule has 0 aliphatic heterocycles. The smallest absolute Gasteiger partial charge is 0.294 e. The molecule has 0 atom stereocenters. The second-order valence-corrected chi connectivity index (χ2v) is 4.18. The standard InChI is InChI=1S/C11H9ClN6O2/c1-2-17-15-9(6-13)11(16-17)14-8-4-3-7(12)5-10(8)18(19)20/h3-5H,2H2,1H3,(H,14,16). The summed E-state index contributed by atoms with van der Waals surface area (Å²) in [6.45, 7) is 2.30. The molecule has 0 aliphatic rings. The number of nitro groups is 1. The fourth-order valence-electron chi connectivity index (χ4n) is 1.54. The lowest BCUT2D eigenvalue weighted by molar-refractivity contribution is -0.383. The van der Waals surface area contributed by atoms with Gasteiger partial charge in [-0.2, -0.15) is 10.1 Å². The average Bonchev–Trinajstić information content (AvgIpc) is 2.82. The molecule has 20 heavy (non-hydrogen) atoms. The molecule has 0 radical (unpaired) electrons. The van der Waals surface area contributed by atoms with Crippen LogP contribution < -0.4 is 5.32 Å². The van der Waals surface area contributed by atoms with Crippen LogP contribution in [0.1, 0.15) is 12.6 Å². The van der Waals surface area contributed by atoms with Gasteiger partial charge in [0.05, 0.1) is 11.5 Å². The maximum atomic E-state index is 11.0. The van der Waals surface area contributed by atoms with Crippen LogP contribution in [0.2, 0.25) is 5.02 Å². The summed E-state index contributed by atoms with van der Waals surface area (Å²) in [6.07, 6.45) is 0. The van der Waals surface area contributed by atoms with Crippen LogP contribution in [-0.4, -0.2) is 19.9 Å². The van der Waals surface area contributed by atoms with Crippen molar-refractivity contribution in [3.05, 3.63) is 39.0 Å². The summed E-state index contributed by atoms with van der Waals surface area (Å²) in [5.74, 6) is 0.166. The second-order valence-electron chi connectivity index (χ2n) is 3.74. The molecule has 2 aromatic rings. The number of nitriles is 1. The molecule has 2 rings (SSSR count). The lowest BCUT2D eigenvalue weighted by atomic mass is 10.2. The van der Waals surface area contributed by atoms with Crippen molar-refractivity contribution < 1.29 is 4.92 Å². The first-order valence-corrected chi connectivity index (χ1v) is 5.99. The summed E-state index contributed by atoms with van der Waals surface area (Å²) in [5.41, 5.74) is 0.0580. The molecule has 0 aliphatic carbocycles. The van der Waals surface area contributed by atoms with Gasteiger partial charge in [-0.15, -0.1) is 10.2 Å². The molecule has 1 aromatic heterocycles. The summed E-state index contributed by atoms with van der Waals surface area (Å²) in [4.78, 5) is 11.7. The van der Waals surface area contributed by atoms with E-state index in [-0.39, 0.29) is 27.9 Å². The maximum absolute atomic E-state index is 11.0. The predicted molar refractivity (Wildman–Crippen MR) is 71.8 cm³/mol. The number of benzene rings is 1. The monoisotopic (exact) mass is 292 g/mol. The highest BCUT2D eigenvalue weighted by Gasteiger charge is 2.18. The zero-order chi connectivity index (χ0) is 14.7. The van der Waals surface area contributed by atoms with Crippen molar-refractivity contribution in [1.82, 2.24) is 15.0 Å². The third-order valence-corrected chi connectivity index (χ3v) is 2.69. The van der Waals surface area contributed by atoms with E-state index >= 15 is 0 Å². The zero-order valence-electron chi connectivity index (χ0n) is 10.4. The van der Waals surface area contributed by atoms with Gasteiger partial charge in [0.25, 0.3) is 5.69 Å². The Labute approximate surface area is 118 Å². The number of nitrogens with one attached hydrogen (secondary N) is 1. The van der Waals surface area contributed by atoms with E-state index in [1.54, 1.807) is 0 Å². The Morgan fingerprint density at radius 1 is 1.55 bits per heavy atom. The van der Waals surface area contributed by atoms with E-state index in [2.05, 4.69) is 15.5 Å². The first kappa shape index (κ1) is 13.8. The summed E-state index contributed by atoms with van der Waals surface area (Å²) < 4.78 is 0. The van der Waals surface area contributed by atoms with Gasteiger partial charge in [0.15, 0.2) is 5.82 Å². The Kier molecular flexibility index (Phi) is 3.81. The van der Waals surface area contributed by atoms with Gasteiger partial charge >= 0.3 is 0 Å². The second kappa shape index (κ2) is 5.54. The number of aromatic nitrogens is 3. The van der Waals surface area contributed by atoms with E-state index < -0.39 is 4.92 Å². The highest BCUT2D eigenvalue weighted by molar-refractivity contribution is 6.30. The predicted octanol–water partition coefficient (Wildman–Crippen LogP) is 2.47. The number of aryl methyl sites for hydroxylation is 1. The molecule has 0 saturated carbocycles. The number of halogens is 1. The molecular weight excluding hydrogens is 284 g/mol. The largest absolute Gasteiger partial charge is 0.331 e. The van der Waals surface area contributed by atoms with E-state index in [1.165, 1.54) is 23.0 Å². The van der Waals surface area contributed by atoms with Gasteiger partial charge < -0.3 is 5.32 Å². The molecule has 1 heterocycles. The van der Waals surface area contributed by atoms with Gasteiger partial charge in [0.2, 0.25) is 5.69 Å². The third kappa shape index (κ3) is 2.67. The van der Waals surface area contributed by atoms with Crippen molar-refractivity contribution in [1.29, 1.82) is 5.26 Å².